The Morgan fingerprint density at radius 1 is 0.383 bits per heavy atom. The summed E-state index contributed by atoms with van der Waals surface area (Å²) >= 11 is 0. The summed E-state index contributed by atoms with van der Waals surface area (Å²) in [6.45, 7) is 12.9. The molecule has 0 saturated carbocycles. The van der Waals surface area contributed by atoms with Crippen molar-refractivity contribution in [3.05, 3.63) is 166 Å². The summed E-state index contributed by atoms with van der Waals surface area (Å²) < 4.78 is 0. The molecule has 0 amide bonds. The van der Waals surface area contributed by atoms with E-state index in [1.54, 1.807) is 0 Å². The predicted octanol–water partition coefficient (Wildman–Crippen LogP) is 11.7. The molecule has 0 atom stereocenters. The molecule has 0 spiro atoms. The Kier molecular flexibility index (Phi) is 8.38. The lowest BCUT2D eigenvalue weighted by Gasteiger charge is -2.30. The van der Waals surface area contributed by atoms with E-state index in [2.05, 4.69) is 126 Å². The maximum Gasteiger partial charge on any atom is 0.100 e. The first kappa shape index (κ1) is 31.3. The first-order valence-corrected chi connectivity index (χ1v) is 16.1. The predicted molar refractivity (Wildman–Crippen MR) is 195 cm³/mol. The lowest BCUT2D eigenvalue weighted by atomic mass is 9.73. The third-order valence-corrected chi connectivity index (χ3v) is 9.68. The highest BCUT2D eigenvalue weighted by Crippen LogP contribution is 2.44. The Balaban J connectivity index is 1.70. The van der Waals surface area contributed by atoms with Gasteiger partial charge in [-0.3, -0.25) is 0 Å². The normalized spacial score (nSPS) is 11.1. The quantitative estimate of drug-likeness (QED) is 0.189. The summed E-state index contributed by atoms with van der Waals surface area (Å²) in [5.41, 5.74) is 15.5. The van der Waals surface area contributed by atoms with Crippen LogP contribution >= 0.6 is 0 Å². The van der Waals surface area contributed by atoms with Crippen molar-refractivity contribution in [1.82, 2.24) is 0 Å². The fourth-order valence-electron chi connectivity index (χ4n) is 6.76. The van der Waals surface area contributed by atoms with Gasteiger partial charge in [-0.1, -0.05) is 111 Å². The first-order valence-electron chi connectivity index (χ1n) is 16.1. The number of nitrogens with zero attached hydrogens (tertiary/aromatic N) is 2. The Morgan fingerprint density at radius 3 is 0.830 bits per heavy atom. The average Bonchev–Trinajstić information content (AvgIpc) is 3.08. The van der Waals surface area contributed by atoms with Crippen molar-refractivity contribution in [2.75, 3.05) is 0 Å². The maximum absolute atomic E-state index is 10.7. The van der Waals surface area contributed by atoms with Gasteiger partial charge < -0.3 is 0 Å². The highest BCUT2D eigenvalue weighted by molar-refractivity contribution is 5.87. The van der Waals surface area contributed by atoms with Crippen LogP contribution in [-0.4, -0.2) is 0 Å². The van der Waals surface area contributed by atoms with E-state index in [1.165, 1.54) is 0 Å². The van der Waals surface area contributed by atoms with E-state index in [0.717, 1.165) is 77.9 Å². The topological polar surface area (TPSA) is 47.6 Å². The van der Waals surface area contributed by atoms with Crippen molar-refractivity contribution < 1.29 is 0 Å². The zero-order valence-electron chi connectivity index (χ0n) is 27.9. The summed E-state index contributed by atoms with van der Waals surface area (Å²) in [6.07, 6.45) is 0. The maximum atomic E-state index is 10.7. The molecule has 0 aromatic heterocycles. The fraction of sp³-hybridized carbons (Fsp3) is 0.156. The lowest BCUT2D eigenvalue weighted by Crippen LogP contribution is -2.20. The second-order valence-electron chi connectivity index (χ2n) is 13.0. The zero-order chi connectivity index (χ0) is 33.3. The largest absolute Gasteiger partial charge is 0.192 e. The van der Waals surface area contributed by atoms with Gasteiger partial charge in [0.05, 0.1) is 11.1 Å². The third kappa shape index (κ3) is 5.65. The van der Waals surface area contributed by atoms with Crippen molar-refractivity contribution in [2.45, 2.75) is 47.0 Å². The van der Waals surface area contributed by atoms with E-state index in [1.807, 2.05) is 48.5 Å². The molecular weight excluding hydrogens is 569 g/mol. The van der Waals surface area contributed by atoms with Crippen molar-refractivity contribution >= 4 is 0 Å². The molecule has 228 valence electrons. The summed E-state index contributed by atoms with van der Waals surface area (Å²) in [7, 11) is 0. The molecule has 2 nitrogen and oxygen atoms in total. The van der Waals surface area contributed by atoms with Gasteiger partial charge in [0.15, 0.2) is 0 Å². The third-order valence-electron chi connectivity index (χ3n) is 9.68. The number of nitriles is 2. The molecule has 0 unspecified atom stereocenters. The second kappa shape index (κ2) is 12.6. The highest BCUT2D eigenvalue weighted by Gasteiger charge is 2.30. The Hall–Kier alpha value is -5.70. The summed E-state index contributed by atoms with van der Waals surface area (Å²) in [4.78, 5) is 0. The van der Waals surface area contributed by atoms with Gasteiger partial charge in [-0.2, -0.15) is 10.5 Å². The van der Waals surface area contributed by atoms with Crippen molar-refractivity contribution in [2.24, 2.45) is 0 Å². The van der Waals surface area contributed by atoms with Gasteiger partial charge in [0.1, 0.15) is 12.1 Å². The van der Waals surface area contributed by atoms with Gasteiger partial charge in [-0.25, -0.2) is 0 Å². The van der Waals surface area contributed by atoms with Crippen LogP contribution in [0.15, 0.2) is 121 Å². The van der Waals surface area contributed by atoms with Crippen LogP contribution in [0.3, 0.4) is 0 Å². The number of rotatable bonds is 6. The Morgan fingerprint density at radius 2 is 0.617 bits per heavy atom. The van der Waals surface area contributed by atoms with E-state index >= 15 is 0 Å². The molecule has 0 bridgehead atoms. The van der Waals surface area contributed by atoms with Gasteiger partial charge in [-0.05, 0) is 108 Å². The summed E-state index contributed by atoms with van der Waals surface area (Å²) in [5.74, 6) is 0. The van der Waals surface area contributed by atoms with Crippen molar-refractivity contribution in [1.29, 1.82) is 10.5 Å². The molecule has 0 aliphatic carbocycles. The smallest absolute Gasteiger partial charge is 0.100 e. The SMILES string of the molecule is Cc1ccccc1-c1cc(C(C)(C)c2cc(-c3ccccc3C)c(C#N)c(-c3ccccc3C)c2)cc(-c2ccccc2C)c1C#N. The molecule has 0 saturated heterocycles. The molecule has 6 aromatic carbocycles. The Bertz CT molecular complexity index is 1940. The minimum atomic E-state index is -0.494. The monoisotopic (exact) mass is 606 g/mol. The lowest BCUT2D eigenvalue weighted by molar-refractivity contribution is 0.641. The van der Waals surface area contributed by atoms with Crippen LogP contribution in [0.2, 0.25) is 0 Å². The number of hydrogen-bond acceptors (Lipinski definition) is 2. The zero-order valence-corrected chi connectivity index (χ0v) is 27.9. The second-order valence-corrected chi connectivity index (χ2v) is 13.0. The van der Waals surface area contributed by atoms with Crippen molar-refractivity contribution in [3.63, 3.8) is 0 Å². The van der Waals surface area contributed by atoms with Crippen LogP contribution in [0.1, 0.15) is 58.4 Å². The standard InChI is InChI=1S/C45H38N2/c1-29-15-7-11-19-35(29)39-23-33(24-40(43(39)27-46)36-20-12-8-16-30(36)2)45(5,6)34-25-41(37-21-13-9-17-31(37)3)44(28-47)42(26-34)38-22-14-10-18-32(38)4/h7-26H,1-6H3. The van der Waals surface area contributed by atoms with Crippen LogP contribution < -0.4 is 0 Å². The number of hydrogen-bond donors (Lipinski definition) is 0. The van der Waals surface area contributed by atoms with E-state index in [4.69, 9.17) is 0 Å². The molecule has 0 aliphatic heterocycles. The molecule has 0 heterocycles. The van der Waals surface area contributed by atoms with E-state index < -0.39 is 5.41 Å². The highest BCUT2D eigenvalue weighted by atomic mass is 14.3. The molecule has 6 aromatic rings. The first-order chi connectivity index (χ1) is 22.6. The summed E-state index contributed by atoms with van der Waals surface area (Å²) in [5, 5.41) is 21.3. The van der Waals surface area contributed by atoms with E-state index in [-0.39, 0.29) is 0 Å². The summed E-state index contributed by atoms with van der Waals surface area (Å²) in [6, 6.07) is 47.2. The van der Waals surface area contributed by atoms with Crippen LogP contribution in [0.5, 0.6) is 0 Å². The van der Waals surface area contributed by atoms with E-state index in [9.17, 15) is 10.5 Å². The average molecular weight is 607 g/mol. The minimum absolute atomic E-state index is 0.494. The fourth-order valence-corrected chi connectivity index (χ4v) is 6.76. The van der Waals surface area contributed by atoms with Gasteiger partial charge in [-0.15, -0.1) is 0 Å². The molecular formula is C45H38N2. The number of aryl methyl sites for hydroxylation is 4. The van der Waals surface area contributed by atoms with Crippen LogP contribution in [0.25, 0.3) is 44.5 Å². The minimum Gasteiger partial charge on any atom is -0.192 e. The van der Waals surface area contributed by atoms with Gasteiger partial charge in [0, 0.05) is 27.7 Å². The molecule has 0 radical (unpaired) electrons. The number of benzene rings is 6. The van der Waals surface area contributed by atoms with Gasteiger partial charge in [0.25, 0.3) is 0 Å². The molecule has 0 N–H and O–H groups in total. The molecule has 47 heavy (non-hydrogen) atoms. The van der Waals surface area contributed by atoms with Crippen molar-refractivity contribution in [3.8, 4) is 56.6 Å². The van der Waals surface area contributed by atoms with E-state index in [0.29, 0.717) is 11.1 Å². The molecule has 0 fully saturated rings. The van der Waals surface area contributed by atoms with Gasteiger partial charge in [0.2, 0.25) is 0 Å². The molecule has 2 heteroatoms. The van der Waals surface area contributed by atoms with Crippen LogP contribution in [0.4, 0.5) is 0 Å². The molecule has 6 rings (SSSR count). The van der Waals surface area contributed by atoms with Crippen LogP contribution in [-0.2, 0) is 5.41 Å². The molecule has 0 aliphatic rings. The van der Waals surface area contributed by atoms with Crippen LogP contribution in [0, 0.1) is 50.4 Å². The Labute approximate surface area is 279 Å². The van der Waals surface area contributed by atoms with Gasteiger partial charge >= 0.3 is 0 Å².